The van der Waals surface area contributed by atoms with Gasteiger partial charge in [0.25, 0.3) is 12.3 Å². The van der Waals surface area contributed by atoms with Gasteiger partial charge in [-0.2, -0.15) is 5.10 Å². The molecular formula is C13H12ClF2N3O3S. The molecule has 2 aromatic rings. The summed E-state index contributed by atoms with van der Waals surface area (Å²) in [5.41, 5.74) is -0.999. The first-order chi connectivity index (χ1) is 10.6. The number of hydrogen-bond donors (Lipinski definition) is 1. The topological polar surface area (TPSA) is 81.1 Å². The van der Waals surface area contributed by atoms with Crippen LogP contribution in [0.25, 0.3) is 0 Å². The highest BCUT2D eigenvalue weighted by molar-refractivity contribution is 7.91. The summed E-state index contributed by atoms with van der Waals surface area (Å²) in [6, 6.07) is 4.10. The minimum absolute atomic E-state index is 0.0782. The number of hydrogen-bond acceptors (Lipinski definition) is 4. The summed E-state index contributed by atoms with van der Waals surface area (Å²) >= 11 is 5.86. The molecule has 1 amide bonds. The zero-order chi connectivity index (χ0) is 17.4. The number of benzene rings is 1. The van der Waals surface area contributed by atoms with Crippen LogP contribution in [0, 0.1) is 0 Å². The van der Waals surface area contributed by atoms with Gasteiger partial charge in [0.1, 0.15) is 10.6 Å². The molecule has 0 unspecified atom stereocenters. The van der Waals surface area contributed by atoms with Gasteiger partial charge in [-0.1, -0.05) is 17.7 Å². The van der Waals surface area contributed by atoms with E-state index in [2.05, 4.69) is 10.4 Å². The Labute approximate surface area is 136 Å². The molecule has 0 spiro atoms. The lowest BCUT2D eigenvalue weighted by Crippen LogP contribution is -2.16. The number of carbonyl (C=O) groups excluding carboxylic acids is 1. The highest BCUT2D eigenvalue weighted by Gasteiger charge is 2.25. The monoisotopic (exact) mass is 363 g/mol. The summed E-state index contributed by atoms with van der Waals surface area (Å²) in [6.07, 6.45) is -0.989. The van der Waals surface area contributed by atoms with Crippen LogP contribution in [0.4, 0.5) is 14.5 Å². The first-order valence-corrected chi connectivity index (χ1v) is 8.50. The molecular weight excluding hydrogens is 352 g/mol. The molecule has 0 aliphatic rings. The molecule has 23 heavy (non-hydrogen) atoms. The molecule has 10 heteroatoms. The molecule has 0 atom stereocenters. The molecule has 0 radical (unpaired) electrons. The number of halogens is 3. The summed E-state index contributed by atoms with van der Waals surface area (Å²) in [5.74, 6) is -0.902. The number of nitrogens with zero attached hydrogens (tertiary/aromatic N) is 2. The fraction of sp³-hybridized carbons (Fsp3) is 0.231. The van der Waals surface area contributed by atoms with Crippen molar-refractivity contribution in [2.45, 2.75) is 11.3 Å². The SMILES string of the molecule is Cn1ncc(C(=O)Nc2cccc(Cl)c2S(C)(=O)=O)c1C(F)F. The quantitative estimate of drug-likeness (QED) is 0.905. The average Bonchev–Trinajstić information content (AvgIpc) is 2.79. The molecule has 0 saturated carbocycles. The summed E-state index contributed by atoms with van der Waals surface area (Å²) in [4.78, 5) is 11.9. The lowest BCUT2D eigenvalue weighted by molar-refractivity contribution is 0.100. The maximum atomic E-state index is 13.0. The van der Waals surface area contributed by atoms with Gasteiger partial charge in [-0.3, -0.25) is 9.48 Å². The van der Waals surface area contributed by atoms with Crippen LogP contribution in [0.1, 0.15) is 22.5 Å². The van der Waals surface area contributed by atoms with E-state index < -0.39 is 27.9 Å². The van der Waals surface area contributed by atoms with Crippen molar-refractivity contribution in [1.82, 2.24) is 9.78 Å². The van der Waals surface area contributed by atoms with Crippen molar-refractivity contribution in [1.29, 1.82) is 0 Å². The molecule has 124 valence electrons. The molecule has 1 aromatic heterocycles. The van der Waals surface area contributed by atoms with Gasteiger partial charge in [-0.25, -0.2) is 17.2 Å². The molecule has 1 aromatic carbocycles. The third kappa shape index (κ3) is 3.50. The zero-order valence-electron chi connectivity index (χ0n) is 12.0. The standard InChI is InChI=1S/C13H12ClF2N3O3S/c1-19-10(12(15)16)7(6-17-19)13(20)18-9-5-3-4-8(14)11(9)23(2,21)22/h3-6,12H,1-2H3,(H,18,20). The van der Waals surface area contributed by atoms with E-state index in [0.29, 0.717) is 0 Å². The van der Waals surface area contributed by atoms with Crippen LogP contribution in [0.15, 0.2) is 29.3 Å². The number of rotatable bonds is 4. The van der Waals surface area contributed by atoms with Crippen molar-refractivity contribution >= 4 is 33.0 Å². The Kier molecular flexibility index (Phi) is 4.71. The van der Waals surface area contributed by atoms with Crippen molar-refractivity contribution in [2.24, 2.45) is 7.05 Å². The number of anilines is 1. The number of aromatic nitrogens is 2. The summed E-state index contributed by atoms with van der Waals surface area (Å²) in [6.45, 7) is 0. The Morgan fingerprint density at radius 1 is 1.39 bits per heavy atom. The highest BCUT2D eigenvalue weighted by atomic mass is 35.5. The van der Waals surface area contributed by atoms with Crippen molar-refractivity contribution in [3.05, 3.63) is 40.7 Å². The van der Waals surface area contributed by atoms with Gasteiger partial charge in [0, 0.05) is 13.3 Å². The van der Waals surface area contributed by atoms with E-state index in [4.69, 9.17) is 11.6 Å². The second-order valence-corrected chi connectivity index (χ2v) is 7.07. The first-order valence-electron chi connectivity index (χ1n) is 6.23. The van der Waals surface area contributed by atoms with E-state index in [1.165, 1.54) is 25.2 Å². The van der Waals surface area contributed by atoms with Gasteiger partial charge in [-0.05, 0) is 12.1 Å². The molecule has 0 bridgehead atoms. The van der Waals surface area contributed by atoms with Gasteiger partial charge < -0.3 is 5.32 Å². The van der Waals surface area contributed by atoms with Gasteiger partial charge in [-0.15, -0.1) is 0 Å². The molecule has 0 aliphatic heterocycles. The van der Waals surface area contributed by atoms with Crippen LogP contribution in [0.5, 0.6) is 0 Å². The predicted octanol–water partition coefficient (Wildman–Crippen LogP) is 2.67. The van der Waals surface area contributed by atoms with Gasteiger partial charge >= 0.3 is 0 Å². The molecule has 1 N–H and O–H groups in total. The van der Waals surface area contributed by atoms with Crippen LogP contribution in [-0.2, 0) is 16.9 Å². The Hall–Kier alpha value is -2.00. The average molecular weight is 364 g/mol. The molecule has 1 heterocycles. The van der Waals surface area contributed by atoms with E-state index in [0.717, 1.165) is 17.1 Å². The summed E-state index contributed by atoms with van der Waals surface area (Å²) < 4.78 is 50.5. The van der Waals surface area contributed by atoms with E-state index in [9.17, 15) is 22.0 Å². The second kappa shape index (κ2) is 6.25. The van der Waals surface area contributed by atoms with Crippen LogP contribution >= 0.6 is 11.6 Å². The Morgan fingerprint density at radius 3 is 2.61 bits per heavy atom. The minimum atomic E-state index is -3.73. The molecule has 0 fully saturated rings. The van der Waals surface area contributed by atoms with Crippen LogP contribution in [0.2, 0.25) is 5.02 Å². The Balaban J connectivity index is 2.46. The van der Waals surface area contributed by atoms with E-state index in [1.54, 1.807) is 0 Å². The number of nitrogens with one attached hydrogen (secondary N) is 1. The third-order valence-corrected chi connectivity index (χ3v) is 4.63. The number of amides is 1. The maximum Gasteiger partial charge on any atom is 0.280 e. The fourth-order valence-corrected chi connectivity index (χ4v) is 3.59. The Bertz CT molecular complexity index is 865. The normalized spacial score (nSPS) is 11.7. The number of aryl methyl sites for hydroxylation is 1. The van der Waals surface area contributed by atoms with Crippen molar-refractivity contribution in [3.8, 4) is 0 Å². The van der Waals surface area contributed by atoms with Crippen LogP contribution < -0.4 is 5.32 Å². The Morgan fingerprint density at radius 2 is 2.04 bits per heavy atom. The molecule has 2 rings (SSSR count). The van der Waals surface area contributed by atoms with Crippen LogP contribution in [-0.4, -0.2) is 30.4 Å². The molecule has 0 aliphatic carbocycles. The molecule has 0 saturated heterocycles. The van der Waals surface area contributed by atoms with Gasteiger partial charge in [0.15, 0.2) is 9.84 Å². The van der Waals surface area contributed by atoms with Gasteiger partial charge in [0.2, 0.25) is 0 Å². The predicted molar refractivity (Wildman–Crippen MR) is 80.7 cm³/mol. The van der Waals surface area contributed by atoms with Crippen LogP contribution in [0.3, 0.4) is 0 Å². The lowest BCUT2D eigenvalue weighted by atomic mass is 10.2. The summed E-state index contributed by atoms with van der Waals surface area (Å²) in [5, 5.41) is 5.84. The lowest BCUT2D eigenvalue weighted by Gasteiger charge is -2.11. The molecule has 6 nitrogen and oxygen atoms in total. The fourth-order valence-electron chi connectivity index (χ4n) is 2.05. The zero-order valence-corrected chi connectivity index (χ0v) is 13.6. The van der Waals surface area contributed by atoms with Gasteiger partial charge in [0.05, 0.1) is 22.5 Å². The first kappa shape index (κ1) is 17.4. The highest BCUT2D eigenvalue weighted by Crippen LogP contribution is 2.30. The second-order valence-electron chi connectivity index (χ2n) is 4.71. The van der Waals surface area contributed by atoms with E-state index in [1.807, 2.05) is 0 Å². The van der Waals surface area contributed by atoms with Crippen molar-refractivity contribution < 1.29 is 22.0 Å². The maximum absolute atomic E-state index is 13.0. The smallest absolute Gasteiger partial charge is 0.280 e. The van der Waals surface area contributed by atoms with E-state index in [-0.39, 0.29) is 21.2 Å². The third-order valence-electron chi connectivity index (χ3n) is 3.02. The number of alkyl halides is 2. The summed E-state index contributed by atoms with van der Waals surface area (Å²) in [7, 11) is -2.45. The van der Waals surface area contributed by atoms with Crippen molar-refractivity contribution in [2.75, 3.05) is 11.6 Å². The van der Waals surface area contributed by atoms with Crippen molar-refractivity contribution in [3.63, 3.8) is 0 Å². The minimum Gasteiger partial charge on any atom is -0.321 e. The van der Waals surface area contributed by atoms with E-state index >= 15 is 0 Å². The largest absolute Gasteiger partial charge is 0.321 e. The number of sulfone groups is 1. The number of carbonyl (C=O) groups is 1.